The van der Waals surface area contributed by atoms with Crippen molar-refractivity contribution >= 4 is 17.7 Å². The Morgan fingerprint density at radius 3 is 2.00 bits per heavy atom. The molecule has 1 aliphatic rings. The minimum Gasteiger partial charge on any atom is -0.444 e. The summed E-state index contributed by atoms with van der Waals surface area (Å²) in [6.07, 6.45) is 0.0824. The largest absolute Gasteiger partial charge is 0.444 e. The Balaban J connectivity index is 1.84. The molecule has 25 heavy (non-hydrogen) atoms. The molecule has 2 amide bonds. The fourth-order valence-corrected chi connectivity index (χ4v) is 2.66. The van der Waals surface area contributed by atoms with Gasteiger partial charge in [-0.1, -0.05) is 12.1 Å². The number of anilines is 1. The summed E-state index contributed by atoms with van der Waals surface area (Å²) in [5, 5.41) is 0. The second-order valence-electron chi connectivity index (χ2n) is 7.59. The third-order valence-corrected chi connectivity index (χ3v) is 4.09. The first-order valence-electron chi connectivity index (χ1n) is 8.68. The Hall–Kier alpha value is -2.24. The molecule has 0 aromatic heterocycles. The van der Waals surface area contributed by atoms with Crippen molar-refractivity contribution in [1.29, 1.82) is 0 Å². The molecular weight excluding hydrogens is 318 g/mol. The lowest BCUT2D eigenvalue weighted by molar-refractivity contribution is -0.132. The van der Waals surface area contributed by atoms with Gasteiger partial charge in [0.1, 0.15) is 5.60 Å². The van der Waals surface area contributed by atoms with Crippen molar-refractivity contribution < 1.29 is 14.3 Å². The maximum absolute atomic E-state index is 12.5. The van der Waals surface area contributed by atoms with Gasteiger partial charge < -0.3 is 19.4 Å². The summed E-state index contributed by atoms with van der Waals surface area (Å²) in [4.78, 5) is 30.1. The molecule has 0 atom stereocenters. The smallest absolute Gasteiger partial charge is 0.410 e. The van der Waals surface area contributed by atoms with Crippen LogP contribution in [-0.2, 0) is 16.0 Å². The van der Waals surface area contributed by atoms with E-state index in [9.17, 15) is 9.59 Å². The predicted octanol–water partition coefficient (Wildman–Crippen LogP) is 2.37. The SMILES string of the molecule is CN(C)c1ccc(CC(=O)N2CCN(C(=O)OC(C)(C)C)CC2)cc1. The highest BCUT2D eigenvalue weighted by Crippen LogP contribution is 2.15. The molecule has 0 radical (unpaired) electrons. The van der Waals surface area contributed by atoms with Crippen molar-refractivity contribution in [2.24, 2.45) is 0 Å². The minimum atomic E-state index is -0.497. The summed E-state index contributed by atoms with van der Waals surface area (Å²) in [6, 6.07) is 8.01. The third-order valence-electron chi connectivity index (χ3n) is 4.09. The molecule has 0 spiro atoms. The molecule has 1 fully saturated rings. The van der Waals surface area contributed by atoms with Crippen LogP contribution in [0.4, 0.5) is 10.5 Å². The van der Waals surface area contributed by atoms with Crippen LogP contribution in [0.5, 0.6) is 0 Å². The number of ether oxygens (including phenoxy) is 1. The molecule has 2 rings (SSSR count). The van der Waals surface area contributed by atoms with Gasteiger partial charge in [0.2, 0.25) is 5.91 Å². The van der Waals surface area contributed by atoms with Crippen LogP contribution in [-0.4, -0.2) is 67.7 Å². The number of piperazine rings is 1. The lowest BCUT2D eigenvalue weighted by Gasteiger charge is -2.35. The first-order chi connectivity index (χ1) is 11.7. The summed E-state index contributed by atoms with van der Waals surface area (Å²) < 4.78 is 5.38. The van der Waals surface area contributed by atoms with Crippen LogP contribution in [0.25, 0.3) is 0 Å². The van der Waals surface area contributed by atoms with Gasteiger partial charge in [0.25, 0.3) is 0 Å². The molecule has 0 unspecified atom stereocenters. The average Bonchev–Trinajstić information content (AvgIpc) is 2.54. The second-order valence-corrected chi connectivity index (χ2v) is 7.59. The summed E-state index contributed by atoms with van der Waals surface area (Å²) in [5.74, 6) is 0.0986. The topological polar surface area (TPSA) is 53.1 Å². The second kappa shape index (κ2) is 7.76. The number of carbonyl (C=O) groups is 2. The maximum atomic E-state index is 12.5. The van der Waals surface area contributed by atoms with Gasteiger partial charge in [-0.25, -0.2) is 4.79 Å². The van der Waals surface area contributed by atoms with Gasteiger partial charge in [-0.05, 0) is 38.5 Å². The zero-order chi connectivity index (χ0) is 18.6. The van der Waals surface area contributed by atoms with Crippen molar-refractivity contribution in [2.45, 2.75) is 32.8 Å². The number of nitrogens with zero attached hydrogens (tertiary/aromatic N) is 3. The van der Waals surface area contributed by atoms with Crippen LogP contribution in [0.2, 0.25) is 0 Å². The number of amides is 2. The molecule has 0 N–H and O–H groups in total. The fourth-order valence-electron chi connectivity index (χ4n) is 2.66. The monoisotopic (exact) mass is 347 g/mol. The zero-order valence-electron chi connectivity index (χ0n) is 15.9. The first kappa shape index (κ1) is 19.1. The van der Waals surface area contributed by atoms with E-state index in [4.69, 9.17) is 4.74 Å². The molecule has 1 aromatic rings. The Bertz CT molecular complexity index is 597. The number of benzene rings is 1. The van der Waals surface area contributed by atoms with Crippen molar-refractivity contribution in [3.05, 3.63) is 29.8 Å². The third kappa shape index (κ3) is 5.66. The number of hydrogen-bond donors (Lipinski definition) is 0. The summed E-state index contributed by atoms with van der Waals surface area (Å²) >= 11 is 0. The fraction of sp³-hybridized carbons (Fsp3) is 0.579. The normalized spacial score (nSPS) is 15.1. The molecule has 0 saturated carbocycles. The zero-order valence-corrected chi connectivity index (χ0v) is 15.9. The van der Waals surface area contributed by atoms with Gasteiger partial charge in [-0.2, -0.15) is 0 Å². The van der Waals surface area contributed by atoms with Crippen LogP contribution in [0.1, 0.15) is 26.3 Å². The highest BCUT2D eigenvalue weighted by Gasteiger charge is 2.27. The van der Waals surface area contributed by atoms with Gasteiger partial charge >= 0.3 is 6.09 Å². The maximum Gasteiger partial charge on any atom is 0.410 e. The summed E-state index contributed by atoms with van der Waals surface area (Å²) in [5.41, 5.74) is 1.62. The van der Waals surface area contributed by atoms with Gasteiger partial charge in [0.15, 0.2) is 0 Å². The van der Waals surface area contributed by atoms with E-state index in [0.29, 0.717) is 32.6 Å². The Morgan fingerprint density at radius 1 is 1.00 bits per heavy atom. The van der Waals surface area contributed by atoms with E-state index in [1.807, 2.05) is 68.9 Å². The van der Waals surface area contributed by atoms with E-state index in [-0.39, 0.29) is 12.0 Å². The van der Waals surface area contributed by atoms with E-state index < -0.39 is 5.60 Å². The van der Waals surface area contributed by atoms with Crippen LogP contribution < -0.4 is 4.90 Å². The summed E-state index contributed by atoms with van der Waals surface area (Å²) in [6.45, 7) is 7.69. The standard InChI is InChI=1S/C19H29N3O3/c1-19(2,3)25-18(24)22-12-10-21(11-13-22)17(23)14-15-6-8-16(9-7-15)20(4)5/h6-9H,10-14H2,1-5H3. The van der Waals surface area contributed by atoms with Crippen LogP contribution in [0.3, 0.4) is 0 Å². The number of rotatable bonds is 3. The molecule has 138 valence electrons. The van der Waals surface area contributed by atoms with E-state index in [1.165, 1.54) is 0 Å². The van der Waals surface area contributed by atoms with Crippen LogP contribution >= 0.6 is 0 Å². The molecule has 1 aromatic carbocycles. The highest BCUT2D eigenvalue weighted by molar-refractivity contribution is 5.79. The first-order valence-corrected chi connectivity index (χ1v) is 8.68. The van der Waals surface area contributed by atoms with Gasteiger partial charge in [-0.3, -0.25) is 4.79 Å². The number of carbonyl (C=O) groups excluding carboxylic acids is 2. The Morgan fingerprint density at radius 2 is 1.52 bits per heavy atom. The Labute approximate surface area is 150 Å². The molecular formula is C19H29N3O3. The van der Waals surface area contributed by atoms with E-state index in [2.05, 4.69) is 0 Å². The van der Waals surface area contributed by atoms with E-state index in [1.54, 1.807) is 4.90 Å². The van der Waals surface area contributed by atoms with Crippen molar-refractivity contribution in [2.75, 3.05) is 45.2 Å². The Kier molecular flexibility index (Phi) is 5.93. The predicted molar refractivity (Wildman–Crippen MR) is 98.9 cm³/mol. The lowest BCUT2D eigenvalue weighted by Crippen LogP contribution is -2.51. The number of hydrogen-bond acceptors (Lipinski definition) is 4. The molecule has 1 saturated heterocycles. The lowest BCUT2D eigenvalue weighted by atomic mass is 10.1. The highest BCUT2D eigenvalue weighted by atomic mass is 16.6. The quantitative estimate of drug-likeness (QED) is 0.842. The molecule has 1 heterocycles. The van der Waals surface area contributed by atoms with Crippen molar-refractivity contribution in [3.8, 4) is 0 Å². The van der Waals surface area contributed by atoms with Crippen molar-refractivity contribution in [3.63, 3.8) is 0 Å². The van der Waals surface area contributed by atoms with Gasteiger partial charge in [-0.15, -0.1) is 0 Å². The van der Waals surface area contributed by atoms with Crippen molar-refractivity contribution in [1.82, 2.24) is 9.80 Å². The minimum absolute atomic E-state index is 0.0986. The average molecular weight is 347 g/mol. The molecule has 6 heteroatoms. The van der Waals surface area contributed by atoms with Crippen LogP contribution in [0, 0.1) is 0 Å². The molecule has 0 bridgehead atoms. The van der Waals surface area contributed by atoms with Gasteiger partial charge in [0.05, 0.1) is 6.42 Å². The van der Waals surface area contributed by atoms with E-state index in [0.717, 1.165) is 11.3 Å². The van der Waals surface area contributed by atoms with E-state index >= 15 is 0 Å². The molecule has 1 aliphatic heterocycles. The van der Waals surface area contributed by atoms with Crippen LogP contribution in [0.15, 0.2) is 24.3 Å². The summed E-state index contributed by atoms with van der Waals surface area (Å²) in [7, 11) is 3.98. The van der Waals surface area contributed by atoms with Gasteiger partial charge in [0, 0.05) is 46.0 Å². The molecule has 0 aliphatic carbocycles. The molecule has 6 nitrogen and oxygen atoms in total.